The summed E-state index contributed by atoms with van der Waals surface area (Å²) < 4.78 is 7.35. The average Bonchev–Trinajstić information content (AvgIpc) is 3.11. The van der Waals surface area contributed by atoms with Gasteiger partial charge in [0.1, 0.15) is 0 Å². The second-order valence-electron chi connectivity index (χ2n) is 6.08. The summed E-state index contributed by atoms with van der Waals surface area (Å²) in [6.07, 6.45) is 5.72. The monoisotopic (exact) mass is 339 g/mol. The number of morpholine rings is 1. The third-order valence-corrected chi connectivity index (χ3v) is 4.33. The van der Waals surface area contributed by atoms with Crippen LogP contribution in [0.4, 0.5) is 5.95 Å². The summed E-state index contributed by atoms with van der Waals surface area (Å²) in [6.45, 7) is 5.90. The van der Waals surface area contributed by atoms with E-state index in [0.717, 1.165) is 49.3 Å². The molecular weight excluding hydrogens is 318 g/mol. The van der Waals surface area contributed by atoms with Crippen LogP contribution in [0.1, 0.15) is 24.4 Å². The minimum Gasteiger partial charge on any atom is -0.378 e. The average molecular weight is 339 g/mol. The zero-order valence-corrected chi connectivity index (χ0v) is 14.2. The highest BCUT2D eigenvalue weighted by molar-refractivity contribution is 5.37. The SMILES string of the molecule is CC(NCc1cnc(N2CCOCC2)nc1)c1nnc2ccccn12. The summed E-state index contributed by atoms with van der Waals surface area (Å²) in [7, 11) is 0. The molecule has 4 heterocycles. The maximum absolute atomic E-state index is 5.36. The molecule has 0 aromatic carbocycles. The summed E-state index contributed by atoms with van der Waals surface area (Å²) in [6, 6.07) is 5.95. The maximum atomic E-state index is 5.36. The first-order valence-corrected chi connectivity index (χ1v) is 8.48. The summed E-state index contributed by atoms with van der Waals surface area (Å²) in [5, 5.41) is 11.9. The summed E-state index contributed by atoms with van der Waals surface area (Å²) in [4.78, 5) is 11.1. The molecule has 1 N–H and O–H groups in total. The number of aromatic nitrogens is 5. The number of rotatable bonds is 5. The second kappa shape index (κ2) is 7.12. The molecule has 3 aromatic rings. The Labute approximate surface area is 145 Å². The molecule has 25 heavy (non-hydrogen) atoms. The van der Waals surface area contributed by atoms with Gasteiger partial charge in [0.05, 0.1) is 19.3 Å². The highest BCUT2D eigenvalue weighted by Crippen LogP contribution is 2.13. The molecule has 0 spiro atoms. The van der Waals surface area contributed by atoms with Crippen molar-refractivity contribution in [3.63, 3.8) is 0 Å². The van der Waals surface area contributed by atoms with E-state index in [9.17, 15) is 0 Å². The van der Waals surface area contributed by atoms with Crippen molar-refractivity contribution in [1.82, 2.24) is 29.9 Å². The summed E-state index contributed by atoms with van der Waals surface area (Å²) >= 11 is 0. The Morgan fingerprint density at radius 3 is 2.76 bits per heavy atom. The van der Waals surface area contributed by atoms with Crippen molar-refractivity contribution in [2.45, 2.75) is 19.5 Å². The summed E-state index contributed by atoms with van der Waals surface area (Å²) in [5.41, 5.74) is 1.89. The zero-order chi connectivity index (χ0) is 17.1. The quantitative estimate of drug-likeness (QED) is 0.748. The lowest BCUT2D eigenvalue weighted by Gasteiger charge is -2.26. The molecule has 0 saturated carbocycles. The van der Waals surface area contributed by atoms with Gasteiger partial charge in [-0.1, -0.05) is 6.07 Å². The van der Waals surface area contributed by atoms with Gasteiger partial charge in [0.15, 0.2) is 11.5 Å². The molecule has 0 amide bonds. The van der Waals surface area contributed by atoms with Gasteiger partial charge in [-0.15, -0.1) is 10.2 Å². The molecule has 1 fully saturated rings. The number of anilines is 1. The van der Waals surface area contributed by atoms with Gasteiger partial charge in [0.2, 0.25) is 5.95 Å². The van der Waals surface area contributed by atoms with E-state index in [0.29, 0.717) is 6.54 Å². The van der Waals surface area contributed by atoms with Crippen LogP contribution in [-0.2, 0) is 11.3 Å². The number of hydrogen-bond donors (Lipinski definition) is 1. The van der Waals surface area contributed by atoms with Crippen LogP contribution in [0.3, 0.4) is 0 Å². The van der Waals surface area contributed by atoms with E-state index < -0.39 is 0 Å². The van der Waals surface area contributed by atoms with Crippen LogP contribution >= 0.6 is 0 Å². The minimum absolute atomic E-state index is 0.0660. The first-order chi connectivity index (χ1) is 12.3. The number of pyridine rings is 1. The van der Waals surface area contributed by atoms with Crippen molar-refractivity contribution in [3.05, 3.63) is 48.2 Å². The van der Waals surface area contributed by atoms with Gasteiger partial charge in [-0.2, -0.15) is 0 Å². The van der Waals surface area contributed by atoms with Crippen molar-refractivity contribution >= 4 is 11.6 Å². The maximum Gasteiger partial charge on any atom is 0.225 e. The van der Waals surface area contributed by atoms with E-state index >= 15 is 0 Å². The topological polar surface area (TPSA) is 80.5 Å². The number of hydrogen-bond acceptors (Lipinski definition) is 7. The number of fused-ring (bicyclic) bond motifs is 1. The van der Waals surface area contributed by atoms with Gasteiger partial charge < -0.3 is 15.0 Å². The Hall–Kier alpha value is -2.58. The van der Waals surface area contributed by atoms with Crippen LogP contribution in [0.2, 0.25) is 0 Å². The van der Waals surface area contributed by atoms with E-state index in [1.165, 1.54) is 0 Å². The molecule has 3 aromatic heterocycles. The second-order valence-corrected chi connectivity index (χ2v) is 6.08. The highest BCUT2D eigenvalue weighted by Gasteiger charge is 2.15. The molecule has 1 saturated heterocycles. The van der Waals surface area contributed by atoms with Crippen LogP contribution in [-0.4, -0.2) is 50.9 Å². The van der Waals surface area contributed by atoms with Crippen molar-refractivity contribution in [2.75, 3.05) is 31.2 Å². The number of nitrogens with zero attached hydrogens (tertiary/aromatic N) is 6. The molecule has 0 radical (unpaired) electrons. The van der Waals surface area contributed by atoms with Gasteiger partial charge in [-0.3, -0.25) is 4.40 Å². The van der Waals surface area contributed by atoms with E-state index in [-0.39, 0.29) is 6.04 Å². The van der Waals surface area contributed by atoms with Crippen molar-refractivity contribution in [2.24, 2.45) is 0 Å². The molecule has 1 unspecified atom stereocenters. The predicted molar refractivity (Wildman–Crippen MR) is 93.3 cm³/mol. The fraction of sp³-hybridized carbons (Fsp3) is 0.412. The highest BCUT2D eigenvalue weighted by atomic mass is 16.5. The predicted octanol–water partition coefficient (Wildman–Crippen LogP) is 1.21. The Balaban J connectivity index is 1.39. The fourth-order valence-corrected chi connectivity index (χ4v) is 2.88. The van der Waals surface area contributed by atoms with E-state index in [2.05, 4.69) is 37.3 Å². The van der Waals surface area contributed by atoms with Crippen LogP contribution in [0.15, 0.2) is 36.8 Å². The lowest BCUT2D eigenvalue weighted by Crippen LogP contribution is -2.37. The molecule has 1 aliphatic heterocycles. The number of nitrogens with one attached hydrogen (secondary N) is 1. The van der Waals surface area contributed by atoms with Gasteiger partial charge >= 0.3 is 0 Å². The minimum atomic E-state index is 0.0660. The molecule has 1 aliphatic rings. The molecule has 1 atom stereocenters. The summed E-state index contributed by atoms with van der Waals surface area (Å²) in [5.74, 6) is 1.66. The van der Waals surface area contributed by atoms with E-state index in [4.69, 9.17) is 4.74 Å². The van der Waals surface area contributed by atoms with Gasteiger partial charge in [0.25, 0.3) is 0 Å². The van der Waals surface area contributed by atoms with E-state index in [1.807, 2.05) is 41.2 Å². The molecule has 130 valence electrons. The van der Waals surface area contributed by atoms with Gasteiger partial charge in [-0.05, 0) is 19.1 Å². The Morgan fingerprint density at radius 2 is 1.96 bits per heavy atom. The molecule has 4 rings (SSSR count). The molecular formula is C17H21N7O. The van der Waals surface area contributed by atoms with Crippen molar-refractivity contribution in [3.8, 4) is 0 Å². The van der Waals surface area contributed by atoms with Gasteiger partial charge in [-0.25, -0.2) is 9.97 Å². The molecule has 8 heteroatoms. The number of ether oxygens (including phenoxy) is 1. The Kier molecular flexibility index (Phi) is 4.53. The van der Waals surface area contributed by atoms with Crippen LogP contribution in [0.25, 0.3) is 5.65 Å². The van der Waals surface area contributed by atoms with Gasteiger partial charge in [0, 0.05) is 43.8 Å². The van der Waals surface area contributed by atoms with Crippen LogP contribution in [0, 0.1) is 0 Å². The molecule has 0 bridgehead atoms. The Bertz CT molecular complexity index is 826. The third-order valence-electron chi connectivity index (χ3n) is 4.33. The van der Waals surface area contributed by atoms with Crippen molar-refractivity contribution in [1.29, 1.82) is 0 Å². The lowest BCUT2D eigenvalue weighted by molar-refractivity contribution is 0.122. The third kappa shape index (κ3) is 3.45. The molecule has 8 nitrogen and oxygen atoms in total. The smallest absolute Gasteiger partial charge is 0.225 e. The first-order valence-electron chi connectivity index (χ1n) is 8.48. The zero-order valence-electron chi connectivity index (χ0n) is 14.2. The first kappa shape index (κ1) is 15.9. The van der Waals surface area contributed by atoms with Crippen LogP contribution in [0.5, 0.6) is 0 Å². The molecule has 0 aliphatic carbocycles. The van der Waals surface area contributed by atoms with Crippen LogP contribution < -0.4 is 10.2 Å². The van der Waals surface area contributed by atoms with E-state index in [1.54, 1.807) is 0 Å². The normalized spacial score (nSPS) is 16.3. The Morgan fingerprint density at radius 1 is 1.16 bits per heavy atom. The van der Waals surface area contributed by atoms with Crippen molar-refractivity contribution < 1.29 is 4.74 Å². The standard InChI is InChI=1S/C17H21N7O/c1-13(16-22-21-15-4-2-3-5-24(15)16)18-10-14-11-19-17(20-12-14)23-6-8-25-9-7-23/h2-5,11-13,18H,6-10H2,1H3. The largest absolute Gasteiger partial charge is 0.378 e. The fourth-order valence-electron chi connectivity index (χ4n) is 2.88. The lowest BCUT2D eigenvalue weighted by atomic mass is 10.2.